The van der Waals surface area contributed by atoms with Crippen LogP contribution in [0.15, 0.2) is 16.7 Å². The number of hydrogen-bond donors (Lipinski definition) is 0. The zero-order valence-corrected chi connectivity index (χ0v) is 9.06. The predicted octanol–water partition coefficient (Wildman–Crippen LogP) is 1.82. The molecule has 86 valence electrons. The van der Waals surface area contributed by atoms with Gasteiger partial charge in [0.05, 0.1) is 25.0 Å². The van der Waals surface area contributed by atoms with Crippen LogP contribution in [-0.2, 0) is 11.3 Å². The average molecular weight is 223 g/mol. The van der Waals surface area contributed by atoms with Crippen LogP contribution in [-0.4, -0.2) is 29.9 Å². The first-order valence-electron chi connectivity index (χ1n) is 5.23. The Labute approximate surface area is 93.0 Å². The van der Waals surface area contributed by atoms with Gasteiger partial charge >= 0.3 is 6.09 Å². The lowest BCUT2D eigenvalue weighted by Crippen LogP contribution is -2.31. The standard InChI is InChI=1S/C11H13NO4/c1-2-15-11(14)12-5-3-9(13)8-4-6-16-10(8)7-12/h4,6H,2-3,5,7H2,1H3. The molecule has 16 heavy (non-hydrogen) atoms. The summed E-state index contributed by atoms with van der Waals surface area (Å²) >= 11 is 0. The number of carbonyl (C=O) groups is 2. The highest BCUT2D eigenvalue weighted by Crippen LogP contribution is 2.20. The molecule has 0 saturated heterocycles. The monoisotopic (exact) mass is 223 g/mol. The van der Waals surface area contributed by atoms with E-state index >= 15 is 0 Å². The molecule has 2 rings (SSSR count). The maximum atomic E-state index is 11.7. The van der Waals surface area contributed by atoms with Crippen molar-refractivity contribution in [3.63, 3.8) is 0 Å². The van der Waals surface area contributed by atoms with Gasteiger partial charge in [0, 0.05) is 13.0 Å². The molecule has 0 saturated carbocycles. The Morgan fingerprint density at radius 3 is 3.19 bits per heavy atom. The molecule has 1 amide bonds. The van der Waals surface area contributed by atoms with Crippen LogP contribution in [0, 0.1) is 0 Å². The third kappa shape index (κ3) is 1.93. The van der Waals surface area contributed by atoms with Crippen LogP contribution in [0.3, 0.4) is 0 Å². The number of carbonyl (C=O) groups excluding carboxylic acids is 2. The first-order chi connectivity index (χ1) is 7.72. The second-order valence-corrected chi connectivity index (χ2v) is 3.55. The van der Waals surface area contributed by atoms with Crippen molar-refractivity contribution < 1.29 is 18.7 Å². The lowest BCUT2D eigenvalue weighted by atomic mass is 10.1. The molecule has 1 aromatic heterocycles. The quantitative estimate of drug-likeness (QED) is 0.728. The molecule has 5 nitrogen and oxygen atoms in total. The second kappa shape index (κ2) is 4.38. The summed E-state index contributed by atoms with van der Waals surface area (Å²) in [6, 6.07) is 1.65. The fourth-order valence-electron chi connectivity index (χ4n) is 1.71. The van der Waals surface area contributed by atoms with E-state index in [2.05, 4.69) is 0 Å². The van der Waals surface area contributed by atoms with Gasteiger partial charge in [-0.1, -0.05) is 0 Å². The van der Waals surface area contributed by atoms with Gasteiger partial charge in [-0.3, -0.25) is 4.79 Å². The van der Waals surface area contributed by atoms with Crippen LogP contribution in [0.5, 0.6) is 0 Å². The summed E-state index contributed by atoms with van der Waals surface area (Å²) < 4.78 is 10.1. The van der Waals surface area contributed by atoms with Crippen molar-refractivity contribution >= 4 is 11.9 Å². The first kappa shape index (κ1) is 10.7. The molecule has 0 N–H and O–H groups in total. The van der Waals surface area contributed by atoms with Gasteiger partial charge in [-0.15, -0.1) is 0 Å². The van der Waals surface area contributed by atoms with E-state index < -0.39 is 6.09 Å². The molecule has 5 heteroatoms. The Kier molecular flexibility index (Phi) is 2.94. The highest BCUT2D eigenvalue weighted by molar-refractivity contribution is 5.97. The summed E-state index contributed by atoms with van der Waals surface area (Å²) in [6.45, 7) is 2.75. The fourth-order valence-corrected chi connectivity index (χ4v) is 1.71. The van der Waals surface area contributed by atoms with Gasteiger partial charge in [0.25, 0.3) is 0 Å². The third-order valence-electron chi connectivity index (χ3n) is 2.52. The van der Waals surface area contributed by atoms with E-state index in [-0.39, 0.29) is 5.78 Å². The van der Waals surface area contributed by atoms with Gasteiger partial charge in [0.2, 0.25) is 0 Å². The van der Waals surface area contributed by atoms with Crippen LogP contribution >= 0.6 is 0 Å². The molecular weight excluding hydrogens is 210 g/mol. The molecule has 0 bridgehead atoms. The van der Waals surface area contributed by atoms with Gasteiger partial charge in [0.15, 0.2) is 5.78 Å². The van der Waals surface area contributed by atoms with E-state index in [1.807, 2.05) is 0 Å². The summed E-state index contributed by atoms with van der Waals surface area (Å²) in [5, 5.41) is 0. The summed E-state index contributed by atoms with van der Waals surface area (Å²) in [6.07, 6.45) is 1.38. The molecule has 0 unspecified atom stereocenters. The maximum absolute atomic E-state index is 11.7. The average Bonchev–Trinajstić information content (AvgIpc) is 2.66. The van der Waals surface area contributed by atoms with Crippen molar-refractivity contribution in [1.82, 2.24) is 4.90 Å². The molecule has 1 aromatic rings. The van der Waals surface area contributed by atoms with Crippen LogP contribution in [0.25, 0.3) is 0 Å². The minimum atomic E-state index is -0.403. The molecule has 0 radical (unpaired) electrons. The Bertz CT molecular complexity index is 410. The fraction of sp³-hybridized carbons (Fsp3) is 0.455. The van der Waals surface area contributed by atoms with Crippen LogP contribution in [0.2, 0.25) is 0 Å². The van der Waals surface area contributed by atoms with E-state index in [1.165, 1.54) is 11.2 Å². The van der Waals surface area contributed by atoms with E-state index in [0.29, 0.717) is 37.4 Å². The van der Waals surface area contributed by atoms with Gasteiger partial charge in [0.1, 0.15) is 5.76 Å². The van der Waals surface area contributed by atoms with Crippen LogP contribution in [0.4, 0.5) is 4.79 Å². The first-order valence-corrected chi connectivity index (χ1v) is 5.23. The Balaban J connectivity index is 2.17. The molecule has 1 aliphatic heterocycles. The van der Waals surface area contributed by atoms with Crippen molar-refractivity contribution in [1.29, 1.82) is 0 Å². The molecule has 0 atom stereocenters. The summed E-state index contributed by atoms with van der Waals surface area (Å²) in [7, 11) is 0. The van der Waals surface area contributed by atoms with Gasteiger partial charge in [-0.2, -0.15) is 0 Å². The molecule has 0 aromatic carbocycles. The van der Waals surface area contributed by atoms with E-state index in [0.717, 1.165) is 0 Å². The van der Waals surface area contributed by atoms with Gasteiger partial charge < -0.3 is 14.1 Å². The van der Waals surface area contributed by atoms with Gasteiger partial charge in [-0.05, 0) is 13.0 Å². The number of ether oxygens (including phenoxy) is 1. The predicted molar refractivity (Wildman–Crippen MR) is 55.1 cm³/mol. The topological polar surface area (TPSA) is 59.8 Å². The Morgan fingerprint density at radius 2 is 2.44 bits per heavy atom. The molecule has 1 aliphatic rings. The zero-order chi connectivity index (χ0) is 11.5. The lowest BCUT2D eigenvalue weighted by molar-refractivity contribution is 0.0934. The normalized spacial score (nSPS) is 15.6. The zero-order valence-electron chi connectivity index (χ0n) is 9.06. The Hall–Kier alpha value is -1.78. The highest BCUT2D eigenvalue weighted by Gasteiger charge is 2.25. The van der Waals surface area contributed by atoms with Crippen molar-refractivity contribution in [3.05, 3.63) is 23.7 Å². The van der Waals surface area contributed by atoms with E-state index in [9.17, 15) is 9.59 Å². The van der Waals surface area contributed by atoms with E-state index in [4.69, 9.17) is 9.15 Å². The van der Waals surface area contributed by atoms with Crippen molar-refractivity contribution in [2.75, 3.05) is 13.2 Å². The largest absolute Gasteiger partial charge is 0.467 e. The minimum Gasteiger partial charge on any atom is -0.467 e. The SMILES string of the molecule is CCOC(=O)N1CCC(=O)c2ccoc2C1. The summed E-state index contributed by atoms with van der Waals surface area (Å²) in [4.78, 5) is 24.7. The maximum Gasteiger partial charge on any atom is 0.410 e. The molecule has 0 aliphatic carbocycles. The molecule has 0 fully saturated rings. The van der Waals surface area contributed by atoms with Crippen molar-refractivity contribution in [3.8, 4) is 0 Å². The lowest BCUT2D eigenvalue weighted by Gasteiger charge is -2.18. The smallest absolute Gasteiger partial charge is 0.410 e. The number of rotatable bonds is 1. The number of furan rings is 1. The number of ketones is 1. The number of nitrogens with zero attached hydrogens (tertiary/aromatic N) is 1. The van der Waals surface area contributed by atoms with Crippen LogP contribution in [0.1, 0.15) is 29.5 Å². The third-order valence-corrected chi connectivity index (χ3v) is 2.52. The van der Waals surface area contributed by atoms with Gasteiger partial charge in [-0.25, -0.2) is 4.79 Å². The van der Waals surface area contributed by atoms with Crippen molar-refractivity contribution in [2.45, 2.75) is 19.9 Å². The summed E-state index contributed by atoms with van der Waals surface area (Å²) in [5.74, 6) is 0.547. The molecule has 2 heterocycles. The Morgan fingerprint density at radius 1 is 1.62 bits per heavy atom. The minimum absolute atomic E-state index is 0.00977. The van der Waals surface area contributed by atoms with E-state index in [1.54, 1.807) is 13.0 Å². The second-order valence-electron chi connectivity index (χ2n) is 3.55. The number of hydrogen-bond acceptors (Lipinski definition) is 4. The highest BCUT2D eigenvalue weighted by atomic mass is 16.6. The molecule has 0 spiro atoms. The van der Waals surface area contributed by atoms with Crippen molar-refractivity contribution in [2.24, 2.45) is 0 Å². The number of Topliss-reactive ketones (excluding diaryl/α,β-unsaturated/α-hetero) is 1. The number of fused-ring (bicyclic) bond motifs is 1. The van der Waals surface area contributed by atoms with Crippen LogP contribution < -0.4 is 0 Å². The number of amides is 1. The molecular formula is C11H13NO4. The summed E-state index contributed by atoms with van der Waals surface area (Å²) in [5.41, 5.74) is 0.576.